The number of ether oxygens (including phenoxy) is 1. The van der Waals surface area contributed by atoms with E-state index in [0.29, 0.717) is 18.7 Å². The molecule has 2 fully saturated rings. The van der Waals surface area contributed by atoms with Gasteiger partial charge in [0.2, 0.25) is 5.95 Å². The molecule has 2 aromatic rings. The largest absolute Gasteiger partial charge is 0.360 e. The van der Waals surface area contributed by atoms with E-state index in [1.807, 2.05) is 6.07 Å². The van der Waals surface area contributed by atoms with Gasteiger partial charge in [-0.1, -0.05) is 18.2 Å². The lowest BCUT2D eigenvalue weighted by Gasteiger charge is -2.49. The van der Waals surface area contributed by atoms with Crippen LogP contribution in [-0.2, 0) is 16.0 Å². The average Bonchev–Trinajstić information content (AvgIpc) is 2.71. The number of nitrogens with zero attached hydrogens (tertiary/aromatic N) is 3. The topological polar surface area (TPSA) is 45.7 Å². The summed E-state index contributed by atoms with van der Waals surface area (Å²) < 4.78 is 33.7. The van der Waals surface area contributed by atoms with Crippen molar-refractivity contribution >= 4 is 24.0 Å². The second-order valence-corrected chi connectivity index (χ2v) is 7.86. The van der Waals surface area contributed by atoms with Crippen molar-refractivity contribution in [2.45, 2.75) is 37.9 Å². The summed E-state index contributed by atoms with van der Waals surface area (Å²) in [5.41, 5.74) is 0.583. The molecule has 1 spiro atoms. The fourth-order valence-electron chi connectivity index (χ4n) is 4.25. The second kappa shape index (κ2) is 9.37. The maximum atomic E-state index is 14.3. The van der Waals surface area contributed by atoms with Crippen LogP contribution in [0.3, 0.4) is 0 Å². The molecule has 5 nitrogen and oxygen atoms in total. The fraction of sp³-hybridized carbons (Fsp3) is 0.455. The minimum atomic E-state index is -0.605. The van der Waals surface area contributed by atoms with Crippen molar-refractivity contribution in [2.75, 3.05) is 31.1 Å². The summed E-state index contributed by atoms with van der Waals surface area (Å²) >= 11 is 0. The monoisotopic (exact) mass is 437 g/mol. The molecule has 0 N–H and O–H groups in total. The van der Waals surface area contributed by atoms with Crippen LogP contribution >= 0.6 is 12.4 Å². The molecular weight excluding hydrogens is 412 g/mol. The number of benzene rings is 1. The number of likely N-dealkylation sites (tertiary alicyclic amines) is 1. The zero-order valence-electron chi connectivity index (χ0n) is 16.9. The number of carbonyl (C=O) groups is 1. The highest BCUT2D eigenvalue weighted by molar-refractivity contribution is 5.97. The summed E-state index contributed by atoms with van der Waals surface area (Å²) in [4.78, 5) is 20.4. The summed E-state index contributed by atoms with van der Waals surface area (Å²) in [5, 5.41) is 0. The summed E-state index contributed by atoms with van der Waals surface area (Å²) in [6.45, 7) is 4.50. The van der Waals surface area contributed by atoms with Gasteiger partial charge in [-0.15, -0.1) is 12.4 Å². The Balaban J connectivity index is 0.00000256. The molecule has 162 valence electrons. The lowest BCUT2D eigenvalue weighted by molar-refractivity contribution is -0.161. The van der Waals surface area contributed by atoms with Gasteiger partial charge in [0.05, 0.1) is 17.8 Å². The zero-order valence-corrected chi connectivity index (χ0v) is 17.7. The lowest BCUT2D eigenvalue weighted by Crippen LogP contribution is -2.61. The van der Waals surface area contributed by atoms with E-state index >= 15 is 0 Å². The third kappa shape index (κ3) is 4.79. The highest BCUT2D eigenvalue weighted by atomic mass is 35.5. The van der Waals surface area contributed by atoms with E-state index in [4.69, 9.17) is 4.74 Å². The van der Waals surface area contributed by atoms with Crippen molar-refractivity contribution in [1.29, 1.82) is 0 Å². The van der Waals surface area contributed by atoms with Gasteiger partial charge in [0.25, 0.3) is 5.91 Å². The highest BCUT2D eigenvalue weighted by Gasteiger charge is 2.46. The van der Waals surface area contributed by atoms with Gasteiger partial charge < -0.3 is 14.5 Å². The van der Waals surface area contributed by atoms with Gasteiger partial charge in [-0.05, 0) is 44.0 Å². The van der Waals surface area contributed by atoms with Gasteiger partial charge in [-0.3, -0.25) is 4.79 Å². The quantitative estimate of drug-likeness (QED) is 0.685. The van der Waals surface area contributed by atoms with Crippen LogP contribution in [-0.4, -0.2) is 53.7 Å². The Morgan fingerprint density at radius 1 is 1.13 bits per heavy atom. The maximum absolute atomic E-state index is 14.3. The van der Waals surface area contributed by atoms with Gasteiger partial charge in [0.15, 0.2) is 0 Å². The first kappa shape index (κ1) is 22.6. The van der Waals surface area contributed by atoms with Crippen molar-refractivity contribution < 1.29 is 18.3 Å². The Bertz CT molecular complexity index is 890. The third-order valence-corrected chi connectivity index (χ3v) is 5.85. The first-order chi connectivity index (χ1) is 14.0. The van der Waals surface area contributed by atoms with E-state index in [-0.39, 0.29) is 18.3 Å². The number of hydrogen-bond donors (Lipinski definition) is 0. The second-order valence-electron chi connectivity index (χ2n) is 7.86. The van der Waals surface area contributed by atoms with Crippen molar-refractivity contribution in [1.82, 2.24) is 9.88 Å². The molecule has 2 aliphatic rings. The number of morpholine rings is 1. The molecule has 0 bridgehead atoms. The van der Waals surface area contributed by atoms with Gasteiger partial charge in [0.1, 0.15) is 11.9 Å². The van der Waals surface area contributed by atoms with Crippen LogP contribution in [0.25, 0.3) is 0 Å². The van der Waals surface area contributed by atoms with Crippen LogP contribution in [0.1, 0.15) is 25.5 Å². The van der Waals surface area contributed by atoms with Crippen LogP contribution in [0.5, 0.6) is 0 Å². The van der Waals surface area contributed by atoms with Crippen LogP contribution in [0.15, 0.2) is 42.5 Å². The molecule has 1 amide bonds. The van der Waals surface area contributed by atoms with Crippen LogP contribution in [0, 0.1) is 11.8 Å². The number of amides is 1. The fourth-order valence-corrected chi connectivity index (χ4v) is 4.25. The van der Waals surface area contributed by atoms with Crippen LogP contribution in [0.2, 0.25) is 0 Å². The van der Waals surface area contributed by atoms with E-state index in [1.165, 1.54) is 17.0 Å². The molecule has 1 atom stereocenters. The normalized spacial score (nSPS) is 21.5. The lowest BCUT2D eigenvalue weighted by atomic mass is 9.88. The Morgan fingerprint density at radius 3 is 2.57 bits per heavy atom. The van der Waals surface area contributed by atoms with E-state index in [9.17, 15) is 13.6 Å². The van der Waals surface area contributed by atoms with Gasteiger partial charge in [0, 0.05) is 31.7 Å². The number of hydrogen-bond acceptors (Lipinski definition) is 4. The molecule has 0 radical (unpaired) electrons. The van der Waals surface area contributed by atoms with Gasteiger partial charge >= 0.3 is 0 Å². The molecule has 8 heteroatoms. The third-order valence-electron chi connectivity index (χ3n) is 5.85. The molecule has 0 aliphatic carbocycles. The average molecular weight is 438 g/mol. The van der Waals surface area contributed by atoms with Crippen LogP contribution in [0.4, 0.5) is 14.5 Å². The smallest absolute Gasteiger partial charge is 0.256 e. The number of aromatic nitrogens is 1. The number of pyridine rings is 1. The predicted molar refractivity (Wildman–Crippen MR) is 113 cm³/mol. The number of rotatable bonds is 4. The van der Waals surface area contributed by atoms with E-state index in [2.05, 4.69) is 9.88 Å². The van der Waals surface area contributed by atoms with Gasteiger partial charge in [-0.25, -0.2) is 9.37 Å². The SMILES string of the molecule is CC1OC2(CCN(CCc3cccc(F)n3)CC2)CN(c2ccccc2F)C1=O.Cl. The van der Waals surface area contributed by atoms with E-state index in [1.54, 1.807) is 31.2 Å². The number of anilines is 1. The Morgan fingerprint density at radius 2 is 1.87 bits per heavy atom. The molecule has 0 saturated carbocycles. The number of piperidine rings is 1. The predicted octanol–water partition coefficient (Wildman–Crippen LogP) is 3.61. The molecule has 3 heterocycles. The Kier molecular flexibility index (Phi) is 7.06. The summed E-state index contributed by atoms with van der Waals surface area (Å²) in [6, 6.07) is 11.2. The molecule has 1 aromatic carbocycles. The van der Waals surface area contributed by atoms with E-state index in [0.717, 1.165) is 38.2 Å². The first-order valence-corrected chi connectivity index (χ1v) is 10.0. The minimum Gasteiger partial charge on any atom is -0.360 e. The van der Waals surface area contributed by atoms with E-state index < -0.39 is 23.5 Å². The molecule has 2 saturated heterocycles. The minimum absolute atomic E-state index is 0. The summed E-state index contributed by atoms with van der Waals surface area (Å²) in [7, 11) is 0. The van der Waals surface area contributed by atoms with Crippen molar-refractivity contribution in [2.24, 2.45) is 0 Å². The summed E-state index contributed by atoms with van der Waals surface area (Å²) in [6.07, 6.45) is 1.59. The number of carbonyl (C=O) groups excluding carboxylic acids is 1. The molecule has 4 rings (SSSR count). The Hall–Kier alpha value is -2.09. The number of para-hydroxylation sites is 1. The van der Waals surface area contributed by atoms with Crippen molar-refractivity contribution in [3.05, 3.63) is 59.9 Å². The molecule has 2 aliphatic heterocycles. The van der Waals surface area contributed by atoms with Crippen molar-refractivity contribution in [3.8, 4) is 0 Å². The number of halogens is 3. The maximum Gasteiger partial charge on any atom is 0.256 e. The molecular formula is C22H26ClF2N3O2. The molecule has 30 heavy (non-hydrogen) atoms. The molecule has 1 unspecified atom stereocenters. The van der Waals surface area contributed by atoms with Crippen LogP contribution < -0.4 is 4.90 Å². The summed E-state index contributed by atoms with van der Waals surface area (Å²) in [5.74, 6) is -1.06. The van der Waals surface area contributed by atoms with Gasteiger partial charge in [-0.2, -0.15) is 4.39 Å². The molecule has 1 aromatic heterocycles. The Labute approximate surface area is 181 Å². The first-order valence-electron chi connectivity index (χ1n) is 10.0. The zero-order chi connectivity index (χ0) is 20.4. The standard InChI is InChI=1S/C22H25F2N3O2.ClH/c1-16-21(28)27(19-7-3-2-6-18(19)23)15-22(29-16)10-13-26(14-11-22)12-9-17-5-4-8-20(24)25-17;/h2-8,16H,9-15H2,1H3;1H. The highest BCUT2D eigenvalue weighted by Crippen LogP contribution is 2.35. The van der Waals surface area contributed by atoms with Crippen molar-refractivity contribution in [3.63, 3.8) is 0 Å².